The molecule has 1 aliphatic heterocycles. The second-order valence-electron chi connectivity index (χ2n) is 7.44. The Morgan fingerprint density at radius 3 is 2.29 bits per heavy atom. The van der Waals surface area contributed by atoms with Gasteiger partial charge in [-0.15, -0.1) is 0 Å². The molecule has 1 fully saturated rings. The number of benzene rings is 2. The molecule has 162 valence electrons. The lowest BCUT2D eigenvalue weighted by Crippen LogP contribution is -2.43. The van der Waals surface area contributed by atoms with E-state index >= 15 is 0 Å². The summed E-state index contributed by atoms with van der Waals surface area (Å²) in [5.41, 5.74) is 0.466. The highest BCUT2D eigenvalue weighted by Gasteiger charge is 2.51. The zero-order valence-corrected chi connectivity index (χ0v) is 17.4. The number of carbonyl (C=O) groups is 4. The molecular weight excluding hydrogens is 401 g/mol. The number of hydrogen-bond acceptors (Lipinski definition) is 4. The Kier molecular flexibility index (Phi) is 6.48. The van der Waals surface area contributed by atoms with Crippen LogP contribution in [0, 0.1) is 5.82 Å². The van der Waals surface area contributed by atoms with Crippen molar-refractivity contribution in [1.29, 1.82) is 0 Å². The minimum atomic E-state index is -1.32. The van der Waals surface area contributed by atoms with Gasteiger partial charge in [0.25, 0.3) is 5.91 Å². The van der Waals surface area contributed by atoms with Crippen molar-refractivity contribution in [3.05, 3.63) is 71.0 Å². The van der Waals surface area contributed by atoms with Crippen LogP contribution < -0.4 is 10.6 Å². The number of nitrogens with zero attached hydrogens (tertiary/aromatic N) is 1. The molecule has 2 N–H and O–H groups in total. The molecule has 0 unspecified atom stereocenters. The van der Waals surface area contributed by atoms with Crippen molar-refractivity contribution in [3.8, 4) is 0 Å². The molecule has 3 rings (SSSR count). The molecule has 2 aromatic rings. The molecule has 2 aromatic carbocycles. The Hall–Kier alpha value is -3.55. The second kappa shape index (κ2) is 9.07. The van der Waals surface area contributed by atoms with Crippen molar-refractivity contribution in [1.82, 2.24) is 15.5 Å². The van der Waals surface area contributed by atoms with Gasteiger partial charge in [0.15, 0.2) is 5.78 Å². The van der Waals surface area contributed by atoms with Crippen LogP contribution in [0.4, 0.5) is 9.18 Å². The van der Waals surface area contributed by atoms with Crippen LogP contribution in [0.2, 0.25) is 0 Å². The number of Topliss-reactive ketones (excluding diaryl/α,β-unsaturated/α-hetero) is 1. The van der Waals surface area contributed by atoms with Gasteiger partial charge in [-0.2, -0.15) is 0 Å². The molecule has 0 saturated carbocycles. The van der Waals surface area contributed by atoms with E-state index in [1.165, 1.54) is 31.2 Å². The SMILES string of the molecule is CC[C@]1(c2ccc(F)cc2)NC(=O)N(CC(=O)c2ccc(CCNC(C)=O)cc2)C1=O. The van der Waals surface area contributed by atoms with Crippen LogP contribution in [-0.2, 0) is 21.5 Å². The van der Waals surface area contributed by atoms with E-state index in [9.17, 15) is 23.6 Å². The Morgan fingerprint density at radius 2 is 1.71 bits per heavy atom. The summed E-state index contributed by atoms with van der Waals surface area (Å²) in [4.78, 5) is 50.2. The van der Waals surface area contributed by atoms with Crippen LogP contribution in [0.1, 0.15) is 41.8 Å². The fraction of sp³-hybridized carbons (Fsp3) is 0.304. The molecule has 0 spiro atoms. The van der Waals surface area contributed by atoms with E-state index < -0.39 is 29.8 Å². The highest BCUT2D eigenvalue weighted by atomic mass is 19.1. The van der Waals surface area contributed by atoms with Crippen LogP contribution >= 0.6 is 0 Å². The zero-order valence-electron chi connectivity index (χ0n) is 17.4. The Morgan fingerprint density at radius 1 is 1.06 bits per heavy atom. The number of urea groups is 1. The van der Waals surface area contributed by atoms with Crippen LogP contribution in [-0.4, -0.2) is 41.6 Å². The first-order valence-corrected chi connectivity index (χ1v) is 10.0. The van der Waals surface area contributed by atoms with Gasteiger partial charge in [0.05, 0.1) is 6.54 Å². The third-order valence-corrected chi connectivity index (χ3v) is 5.41. The summed E-state index contributed by atoms with van der Waals surface area (Å²) >= 11 is 0. The molecule has 0 aliphatic carbocycles. The minimum Gasteiger partial charge on any atom is -0.356 e. The third kappa shape index (κ3) is 4.63. The van der Waals surface area contributed by atoms with Gasteiger partial charge in [0.2, 0.25) is 5.91 Å². The Labute approximate surface area is 179 Å². The number of halogens is 1. The smallest absolute Gasteiger partial charge is 0.325 e. The highest BCUT2D eigenvalue weighted by molar-refractivity contribution is 6.11. The maximum absolute atomic E-state index is 13.3. The van der Waals surface area contributed by atoms with Gasteiger partial charge in [-0.05, 0) is 36.1 Å². The molecule has 31 heavy (non-hydrogen) atoms. The summed E-state index contributed by atoms with van der Waals surface area (Å²) in [6.07, 6.45) is 0.884. The Bertz CT molecular complexity index is 1000. The first-order valence-electron chi connectivity index (χ1n) is 10.0. The third-order valence-electron chi connectivity index (χ3n) is 5.41. The topological polar surface area (TPSA) is 95.6 Å². The number of amides is 4. The van der Waals surface area contributed by atoms with E-state index in [-0.39, 0.29) is 18.1 Å². The largest absolute Gasteiger partial charge is 0.356 e. The van der Waals surface area contributed by atoms with Crippen LogP contribution in [0.5, 0.6) is 0 Å². The lowest BCUT2D eigenvalue weighted by atomic mass is 9.87. The fourth-order valence-corrected chi connectivity index (χ4v) is 3.62. The second-order valence-corrected chi connectivity index (χ2v) is 7.44. The predicted molar refractivity (Wildman–Crippen MR) is 112 cm³/mol. The van der Waals surface area contributed by atoms with Crippen molar-refractivity contribution in [2.75, 3.05) is 13.1 Å². The van der Waals surface area contributed by atoms with Crippen molar-refractivity contribution in [3.63, 3.8) is 0 Å². The summed E-state index contributed by atoms with van der Waals surface area (Å²) < 4.78 is 13.3. The average Bonchev–Trinajstić information content (AvgIpc) is 2.99. The zero-order chi connectivity index (χ0) is 22.6. The molecule has 1 heterocycles. The minimum absolute atomic E-state index is 0.107. The average molecular weight is 425 g/mol. The molecule has 1 saturated heterocycles. The summed E-state index contributed by atoms with van der Waals surface area (Å²) in [6, 6.07) is 11.5. The summed E-state index contributed by atoms with van der Waals surface area (Å²) in [6.45, 7) is 3.29. The van der Waals surface area contributed by atoms with Crippen molar-refractivity contribution < 1.29 is 23.6 Å². The quantitative estimate of drug-likeness (QED) is 0.502. The van der Waals surface area contributed by atoms with Crippen LogP contribution in [0.15, 0.2) is 48.5 Å². The first-order chi connectivity index (χ1) is 14.8. The fourth-order valence-electron chi connectivity index (χ4n) is 3.62. The summed E-state index contributed by atoms with van der Waals surface area (Å²) in [5.74, 6) is -1.46. The normalized spacial score (nSPS) is 18.1. The van der Waals surface area contributed by atoms with Gasteiger partial charge in [-0.25, -0.2) is 9.18 Å². The summed E-state index contributed by atoms with van der Waals surface area (Å²) in [5, 5.41) is 5.38. The molecule has 7 nitrogen and oxygen atoms in total. The highest BCUT2D eigenvalue weighted by Crippen LogP contribution is 2.32. The van der Waals surface area contributed by atoms with Crippen molar-refractivity contribution >= 4 is 23.6 Å². The number of imide groups is 1. The molecule has 1 atom stereocenters. The number of rotatable bonds is 8. The van der Waals surface area contributed by atoms with Gasteiger partial charge >= 0.3 is 6.03 Å². The van der Waals surface area contributed by atoms with Gasteiger partial charge in [0, 0.05) is 19.0 Å². The molecule has 0 aromatic heterocycles. The lowest BCUT2D eigenvalue weighted by Gasteiger charge is -2.25. The first kappa shape index (κ1) is 22.1. The Balaban J connectivity index is 1.71. The number of carbonyl (C=O) groups excluding carboxylic acids is 4. The van der Waals surface area contributed by atoms with Crippen LogP contribution in [0.3, 0.4) is 0 Å². The summed E-state index contributed by atoms with van der Waals surface area (Å²) in [7, 11) is 0. The van der Waals surface area contributed by atoms with Crippen molar-refractivity contribution in [2.45, 2.75) is 32.2 Å². The molecule has 0 bridgehead atoms. The van der Waals surface area contributed by atoms with Crippen LogP contribution in [0.25, 0.3) is 0 Å². The van der Waals surface area contributed by atoms with E-state index in [1.807, 2.05) is 0 Å². The van der Waals surface area contributed by atoms with E-state index in [0.717, 1.165) is 10.5 Å². The maximum atomic E-state index is 13.3. The number of nitrogens with one attached hydrogen (secondary N) is 2. The van der Waals surface area contributed by atoms with E-state index in [1.54, 1.807) is 31.2 Å². The maximum Gasteiger partial charge on any atom is 0.325 e. The molecule has 1 aliphatic rings. The molecule has 0 radical (unpaired) electrons. The van der Waals surface area contributed by atoms with E-state index in [0.29, 0.717) is 24.1 Å². The molecular formula is C23H24FN3O4. The van der Waals surface area contributed by atoms with E-state index in [2.05, 4.69) is 10.6 Å². The molecule has 4 amide bonds. The van der Waals surface area contributed by atoms with Gasteiger partial charge in [-0.1, -0.05) is 43.3 Å². The van der Waals surface area contributed by atoms with Gasteiger partial charge in [0.1, 0.15) is 11.4 Å². The standard InChI is InChI=1S/C23H24FN3O4/c1-3-23(18-8-10-19(24)11-9-18)21(30)27(22(31)26-23)14-20(29)17-6-4-16(5-7-17)12-13-25-15(2)28/h4-11H,3,12-14H2,1-2H3,(H,25,28)(H,26,31)/t23-/m1/s1. The predicted octanol–water partition coefficient (Wildman–Crippen LogP) is 2.54. The number of hydrogen-bond donors (Lipinski definition) is 2. The number of ketones is 1. The lowest BCUT2D eigenvalue weighted by molar-refractivity contribution is -0.131. The molecule has 8 heteroatoms. The van der Waals surface area contributed by atoms with Gasteiger partial charge < -0.3 is 10.6 Å². The van der Waals surface area contributed by atoms with E-state index in [4.69, 9.17) is 0 Å². The monoisotopic (exact) mass is 425 g/mol. The van der Waals surface area contributed by atoms with Gasteiger partial charge in [-0.3, -0.25) is 19.3 Å². The van der Waals surface area contributed by atoms with Crippen molar-refractivity contribution in [2.24, 2.45) is 0 Å².